The Balaban J connectivity index is 2.59. The third kappa shape index (κ3) is 2.09. The maximum absolute atomic E-state index is 11.0. The predicted molar refractivity (Wildman–Crippen MR) is 64.9 cm³/mol. The van der Waals surface area contributed by atoms with E-state index in [2.05, 4.69) is 15.5 Å². The van der Waals surface area contributed by atoms with Gasteiger partial charge in [0, 0.05) is 5.92 Å². The van der Waals surface area contributed by atoms with Crippen molar-refractivity contribution in [3.63, 3.8) is 0 Å². The van der Waals surface area contributed by atoms with Gasteiger partial charge < -0.3 is 5.11 Å². The molecule has 1 heterocycles. The molecule has 0 spiro atoms. The van der Waals surface area contributed by atoms with Gasteiger partial charge in [0.1, 0.15) is 0 Å². The van der Waals surface area contributed by atoms with E-state index in [4.69, 9.17) is 5.11 Å². The number of rotatable bonds is 3. The molecule has 0 aliphatic rings. The molecule has 94 valence electrons. The molecule has 0 amide bonds. The van der Waals surface area contributed by atoms with E-state index in [0.29, 0.717) is 11.5 Å². The Morgan fingerprint density at radius 2 is 2.11 bits per heavy atom. The number of aryl methyl sites for hydroxylation is 1. The Morgan fingerprint density at radius 1 is 1.39 bits per heavy atom. The average molecular weight is 246 g/mol. The summed E-state index contributed by atoms with van der Waals surface area (Å²) in [5, 5.41) is 20.6. The molecular formula is C12H14N4O2. The van der Waals surface area contributed by atoms with Crippen LogP contribution in [0.3, 0.4) is 0 Å². The lowest BCUT2D eigenvalue weighted by Gasteiger charge is -2.10. The fourth-order valence-electron chi connectivity index (χ4n) is 1.70. The molecule has 0 unspecified atom stereocenters. The summed E-state index contributed by atoms with van der Waals surface area (Å²) < 4.78 is 1.59. The number of benzene rings is 1. The Labute approximate surface area is 104 Å². The summed E-state index contributed by atoms with van der Waals surface area (Å²) in [6.45, 7) is 5.86. The number of carboxylic acid groups (broad SMARTS) is 1. The van der Waals surface area contributed by atoms with Gasteiger partial charge in [0.15, 0.2) is 5.82 Å². The van der Waals surface area contributed by atoms with Gasteiger partial charge in [0.2, 0.25) is 0 Å². The summed E-state index contributed by atoms with van der Waals surface area (Å²) in [6.07, 6.45) is 0. The van der Waals surface area contributed by atoms with E-state index in [1.807, 2.05) is 20.8 Å². The maximum atomic E-state index is 11.0. The van der Waals surface area contributed by atoms with Gasteiger partial charge in [-0.2, -0.15) is 4.68 Å². The summed E-state index contributed by atoms with van der Waals surface area (Å²) in [6, 6.07) is 4.91. The predicted octanol–water partition coefficient (Wildman–Crippen LogP) is 1.79. The summed E-state index contributed by atoms with van der Waals surface area (Å²) >= 11 is 0. The minimum Gasteiger partial charge on any atom is -0.478 e. The molecule has 0 saturated carbocycles. The van der Waals surface area contributed by atoms with Crippen molar-refractivity contribution in [1.29, 1.82) is 0 Å². The molecule has 0 aliphatic heterocycles. The highest BCUT2D eigenvalue weighted by atomic mass is 16.4. The highest BCUT2D eigenvalue weighted by molar-refractivity contribution is 5.88. The van der Waals surface area contributed by atoms with Gasteiger partial charge in [0.05, 0.1) is 11.3 Å². The molecule has 2 rings (SSSR count). The second kappa shape index (κ2) is 4.56. The standard InChI is InChI=1S/C12H14N4O2/c1-7(2)11-13-14-15-16(11)10-6-9(12(17)18)5-4-8(10)3/h4-7H,1-3H3,(H,17,18). The highest BCUT2D eigenvalue weighted by Gasteiger charge is 2.15. The summed E-state index contributed by atoms with van der Waals surface area (Å²) in [5.41, 5.74) is 1.85. The number of tetrazole rings is 1. The summed E-state index contributed by atoms with van der Waals surface area (Å²) in [7, 11) is 0. The van der Waals surface area contributed by atoms with Gasteiger partial charge in [-0.3, -0.25) is 0 Å². The van der Waals surface area contributed by atoms with Crippen molar-refractivity contribution in [3.05, 3.63) is 35.2 Å². The fourth-order valence-corrected chi connectivity index (χ4v) is 1.70. The Kier molecular flexibility index (Phi) is 3.10. The van der Waals surface area contributed by atoms with Gasteiger partial charge in [-0.25, -0.2) is 4.79 Å². The monoisotopic (exact) mass is 246 g/mol. The first kappa shape index (κ1) is 12.2. The van der Waals surface area contributed by atoms with Crippen LogP contribution in [0.1, 0.15) is 41.5 Å². The zero-order valence-corrected chi connectivity index (χ0v) is 10.5. The third-order valence-corrected chi connectivity index (χ3v) is 2.69. The number of hydrogen-bond acceptors (Lipinski definition) is 4. The van der Waals surface area contributed by atoms with Crippen LogP contribution in [0.4, 0.5) is 0 Å². The molecule has 18 heavy (non-hydrogen) atoms. The van der Waals surface area contributed by atoms with E-state index in [1.54, 1.807) is 22.9 Å². The van der Waals surface area contributed by atoms with E-state index in [1.165, 1.54) is 0 Å². The Morgan fingerprint density at radius 3 is 2.72 bits per heavy atom. The lowest BCUT2D eigenvalue weighted by Crippen LogP contribution is -2.08. The van der Waals surface area contributed by atoms with Gasteiger partial charge >= 0.3 is 5.97 Å². The van der Waals surface area contributed by atoms with Crippen LogP contribution in [-0.2, 0) is 0 Å². The number of carboxylic acids is 1. The van der Waals surface area contributed by atoms with Crippen molar-refractivity contribution in [3.8, 4) is 5.69 Å². The molecule has 6 heteroatoms. The highest BCUT2D eigenvalue weighted by Crippen LogP contribution is 2.19. The van der Waals surface area contributed by atoms with Crippen LogP contribution >= 0.6 is 0 Å². The van der Waals surface area contributed by atoms with Crippen molar-refractivity contribution >= 4 is 5.97 Å². The lowest BCUT2D eigenvalue weighted by molar-refractivity contribution is 0.0697. The van der Waals surface area contributed by atoms with E-state index < -0.39 is 5.97 Å². The minimum atomic E-state index is -0.963. The topological polar surface area (TPSA) is 80.9 Å². The second-order valence-corrected chi connectivity index (χ2v) is 4.41. The summed E-state index contributed by atoms with van der Waals surface area (Å²) in [4.78, 5) is 11.0. The van der Waals surface area contributed by atoms with Gasteiger partial charge in [-0.15, -0.1) is 5.10 Å². The number of carbonyl (C=O) groups is 1. The van der Waals surface area contributed by atoms with Crippen LogP contribution in [-0.4, -0.2) is 31.3 Å². The first-order chi connectivity index (χ1) is 8.50. The van der Waals surface area contributed by atoms with E-state index >= 15 is 0 Å². The molecule has 1 aromatic carbocycles. The number of aromatic nitrogens is 4. The molecule has 1 aromatic heterocycles. The van der Waals surface area contributed by atoms with Crippen LogP contribution in [0.5, 0.6) is 0 Å². The molecule has 1 N–H and O–H groups in total. The lowest BCUT2D eigenvalue weighted by atomic mass is 10.1. The second-order valence-electron chi connectivity index (χ2n) is 4.41. The fraction of sp³-hybridized carbons (Fsp3) is 0.333. The minimum absolute atomic E-state index is 0.160. The Bertz CT molecular complexity index is 590. The zero-order valence-electron chi connectivity index (χ0n) is 10.5. The smallest absolute Gasteiger partial charge is 0.335 e. The van der Waals surface area contributed by atoms with Crippen molar-refractivity contribution in [1.82, 2.24) is 20.2 Å². The maximum Gasteiger partial charge on any atom is 0.335 e. The van der Waals surface area contributed by atoms with Crippen molar-refractivity contribution < 1.29 is 9.90 Å². The Hall–Kier alpha value is -2.24. The van der Waals surface area contributed by atoms with Crippen LogP contribution < -0.4 is 0 Å². The molecule has 0 saturated heterocycles. The molecule has 6 nitrogen and oxygen atoms in total. The van der Waals surface area contributed by atoms with Crippen LogP contribution in [0, 0.1) is 6.92 Å². The van der Waals surface area contributed by atoms with Crippen molar-refractivity contribution in [2.45, 2.75) is 26.7 Å². The molecule has 0 bridgehead atoms. The largest absolute Gasteiger partial charge is 0.478 e. The van der Waals surface area contributed by atoms with Gasteiger partial charge in [-0.1, -0.05) is 19.9 Å². The van der Waals surface area contributed by atoms with Crippen molar-refractivity contribution in [2.75, 3.05) is 0 Å². The first-order valence-electron chi connectivity index (χ1n) is 5.63. The number of aromatic carboxylic acids is 1. The normalized spacial score (nSPS) is 10.9. The first-order valence-corrected chi connectivity index (χ1v) is 5.63. The SMILES string of the molecule is Cc1ccc(C(=O)O)cc1-n1nnnc1C(C)C. The number of nitrogens with zero attached hydrogens (tertiary/aromatic N) is 4. The van der Waals surface area contributed by atoms with Crippen LogP contribution in [0.25, 0.3) is 5.69 Å². The van der Waals surface area contributed by atoms with Crippen molar-refractivity contribution in [2.24, 2.45) is 0 Å². The molecule has 0 radical (unpaired) electrons. The van der Waals surface area contributed by atoms with Gasteiger partial charge in [-0.05, 0) is 35.0 Å². The van der Waals surface area contributed by atoms with E-state index in [9.17, 15) is 4.79 Å². The van der Waals surface area contributed by atoms with Gasteiger partial charge in [0.25, 0.3) is 0 Å². The summed E-state index contributed by atoms with van der Waals surface area (Å²) in [5.74, 6) is -0.0936. The zero-order chi connectivity index (χ0) is 13.3. The molecular weight excluding hydrogens is 232 g/mol. The van der Waals surface area contributed by atoms with E-state index in [-0.39, 0.29) is 11.5 Å². The third-order valence-electron chi connectivity index (χ3n) is 2.69. The average Bonchev–Trinajstić information content (AvgIpc) is 2.78. The molecule has 0 fully saturated rings. The molecule has 0 aliphatic carbocycles. The number of hydrogen-bond donors (Lipinski definition) is 1. The van der Waals surface area contributed by atoms with Crippen LogP contribution in [0.15, 0.2) is 18.2 Å². The van der Waals surface area contributed by atoms with E-state index in [0.717, 1.165) is 5.56 Å². The molecule has 2 aromatic rings. The van der Waals surface area contributed by atoms with Crippen LogP contribution in [0.2, 0.25) is 0 Å². The quantitative estimate of drug-likeness (QED) is 0.892. The molecule has 0 atom stereocenters.